The van der Waals surface area contributed by atoms with Crippen molar-refractivity contribution in [2.24, 2.45) is 11.8 Å². The van der Waals surface area contributed by atoms with Crippen molar-refractivity contribution in [2.45, 2.75) is 70.3 Å². The van der Waals surface area contributed by atoms with Gasteiger partial charge in [0.2, 0.25) is 0 Å². The van der Waals surface area contributed by atoms with Crippen molar-refractivity contribution < 1.29 is 9.53 Å². The Balaban J connectivity index is 1.44. The summed E-state index contributed by atoms with van der Waals surface area (Å²) in [6.07, 6.45) is 11.3. The van der Waals surface area contributed by atoms with Crippen LogP contribution in [0.2, 0.25) is 0 Å². The number of ketones is 1. The van der Waals surface area contributed by atoms with Gasteiger partial charge in [0, 0.05) is 5.56 Å². The van der Waals surface area contributed by atoms with E-state index in [9.17, 15) is 4.79 Å². The fourth-order valence-electron chi connectivity index (χ4n) is 6.28. The van der Waals surface area contributed by atoms with Gasteiger partial charge in [0.25, 0.3) is 0 Å². The molecule has 2 nitrogen and oxygen atoms in total. The van der Waals surface area contributed by atoms with Crippen molar-refractivity contribution in [1.29, 1.82) is 0 Å². The van der Waals surface area contributed by atoms with Crippen molar-refractivity contribution in [2.75, 3.05) is 6.61 Å². The number of benzene rings is 3. The fourth-order valence-corrected chi connectivity index (χ4v) is 6.28. The zero-order valence-corrected chi connectivity index (χ0v) is 18.7. The van der Waals surface area contributed by atoms with E-state index >= 15 is 0 Å². The van der Waals surface area contributed by atoms with Crippen LogP contribution in [0, 0.1) is 11.8 Å². The summed E-state index contributed by atoms with van der Waals surface area (Å²) in [5, 5.41) is 4.31. The minimum absolute atomic E-state index is 0.116. The maximum absolute atomic E-state index is 13.6. The van der Waals surface area contributed by atoms with E-state index in [1.165, 1.54) is 38.5 Å². The highest BCUT2D eigenvalue weighted by atomic mass is 16.5. The number of carbonyl (C=O) groups excluding carboxylic acids is 1. The Bertz CT molecular complexity index is 1030. The number of hydrogen-bond acceptors (Lipinski definition) is 2. The molecule has 0 aliphatic heterocycles. The molecule has 3 aromatic rings. The molecule has 31 heavy (non-hydrogen) atoms. The van der Waals surface area contributed by atoms with Crippen LogP contribution in [0.1, 0.15) is 75.1 Å². The molecule has 2 fully saturated rings. The van der Waals surface area contributed by atoms with Crippen LogP contribution < -0.4 is 0 Å². The van der Waals surface area contributed by atoms with E-state index in [-0.39, 0.29) is 18.0 Å². The minimum Gasteiger partial charge on any atom is -0.367 e. The highest BCUT2D eigenvalue weighted by Gasteiger charge is 2.38. The van der Waals surface area contributed by atoms with Gasteiger partial charge in [-0.25, -0.2) is 0 Å². The summed E-state index contributed by atoms with van der Waals surface area (Å²) >= 11 is 0. The molecule has 2 aliphatic rings. The summed E-state index contributed by atoms with van der Waals surface area (Å²) in [6.45, 7) is 2.43. The maximum Gasteiger partial charge on any atom is 0.189 e. The SMILES string of the molecule is CC[C@]1(OCC(=O)c2c3ccccc3cc3ccccc23)CC[C@H]2CCCC[C@H](C2)C1. The maximum atomic E-state index is 13.6. The molecular weight excluding hydrogens is 380 g/mol. The lowest BCUT2D eigenvalue weighted by Gasteiger charge is -2.34. The molecular formula is C29H34O2. The quantitative estimate of drug-likeness (QED) is 0.315. The lowest BCUT2D eigenvalue weighted by Crippen LogP contribution is -2.35. The summed E-state index contributed by atoms with van der Waals surface area (Å²) in [5.74, 6) is 1.75. The van der Waals surface area contributed by atoms with Gasteiger partial charge in [0.15, 0.2) is 5.78 Å². The van der Waals surface area contributed by atoms with Crippen LogP contribution in [0.4, 0.5) is 0 Å². The van der Waals surface area contributed by atoms with Gasteiger partial charge in [-0.1, -0.05) is 81.1 Å². The van der Waals surface area contributed by atoms with Crippen molar-refractivity contribution in [3.8, 4) is 0 Å². The van der Waals surface area contributed by atoms with Crippen molar-refractivity contribution in [3.05, 3.63) is 60.2 Å². The second-order valence-corrected chi connectivity index (χ2v) is 9.94. The van der Waals surface area contributed by atoms with Crippen LogP contribution >= 0.6 is 0 Å². The van der Waals surface area contributed by atoms with Gasteiger partial charge in [-0.2, -0.15) is 0 Å². The Hall–Kier alpha value is -2.19. The highest BCUT2D eigenvalue weighted by Crippen LogP contribution is 2.44. The molecule has 162 valence electrons. The van der Waals surface area contributed by atoms with E-state index in [0.717, 1.165) is 58.2 Å². The first-order valence-corrected chi connectivity index (χ1v) is 12.2. The predicted octanol–water partition coefficient (Wildman–Crippen LogP) is 7.72. The van der Waals surface area contributed by atoms with Crippen molar-refractivity contribution in [3.63, 3.8) is 0 Å². The Morgan fingerprint density at radius 3 is 2.26 bits per heavy atom. The van der Waals surface area contributed by atoms with Crippen LogP contribution in [0.15, 0.2) is 54.6 Å². The summed E-state index contributed by atoms with van der Waals surface area (Å²) in [6, 6.07) is 18.7. The number of rotatable bonds is 5. The molecule has 0 amide bonds. The van der Waals surface area contributed by atoms with Crippen molar-refractivity contribution in [1.82, 2.24) is 0 Å². The first kappa shape index (κ1) is 20.7. The second kappa shape index (κ2) is 8.74. The van der Waals surface area contributed by atoms with Gasteiger partial charge in [0.05, 0.1) is 5.60 Å². The Labute approximate surface area is 186 Å². The smallest absolute Gasteiger partial charge is 0.189 e. The van der Waals surface area contributed by atoms with E-state index in [1.54, 1.807) is 0 Å². The lowest BCUT2D eigenvalue weighted by atomic mass is 9.84. The minimum atomic E-state index is -0.132. The molecule has 0 aromatic heterocycles. The van der Waals surface area contributed by atoms with Gasteiger partial charge in [-0.05, 0) is 71.6 Å². The van der Waals surface area contributed by atoms with Crippen LogP contribution in [-0.2, 0) is 4.74 Å². The van der Waals surface area contributed by atoms with Crippen LogP contribution in [0.3, 0.4) is 0 Å². The molecule has 0 unspecified atom stereocenters. The van der Waals surface area contributed by atoms with Crippen LogP contribution in [0.25, 0.3) is 21.5 Å². The van der Waals surface area contributed by atoms with Gasteiger partial charge in [0.1, 0.15) is 6.61 Å². The van der Waals surface area contributed by atoms with E-state index in [2.05, 4.69) is 37.3 Å². The average Bonchev–Trinajstić information content (AvgIpc) is 3.14. The number of Topliss-reactive ketones (excluding diaryl/α,β-unsaturated/α-hetero) is 1. The molecule has 0 radical (unpaired) electrons. The number of ether oxygens (including phenoxy) is 1. The fraction of sp³-hybridized carbons (Fsp3) is 0.483. The Kier molecular flexibility index (Phi) is 5.84. The predicted molar refractivity (Wildman–Crippen MR) is 129 cm³/mol. The van der Waals surface area contributed by atoms with Gasteiger partial charge in [-0.3, -0.25) is 4.79 Å². The Morgan fingerprint density at radius 2 is 1.58 bits per heavy atom. The average molecular weight is 415 g/mol. The molecule has 0 saturated heterocycles. The van der Waals surface area contributed by atoms with E-state index in [4.69, 9.17) is 4.74 Å². The normalized spacial score (nSPS) is 26.5. The molecule has 0 spiro atoms. The third-order valence-electron chi connectivity index (χ3n) is 8.01. The second-order valence-electron chi connectivity index (χ2n) is 9.94. The van der Waals surface area contributed by atoms with Crippen molar-refractivity contribution >= 4 is 27.3 Å². The number of fused-ring (bicyclic) bond motifs is 4. The molecule has 0 heterocycles. The lowest BCUT2D eigenvalue weighted by molar-refractivity contribution is -0.0581. The molecule has 2 aliphatic carbocycles. The standard InChI is InChI=1S/C29H34O2/c1-2-29(16-15-21-9-3-4-10-22(17-21)19-29)31-20-27(30)28-25-13-7-5-11-23(25)18-24-12-6-8-14-26(24)28/h5-8,11-14,18,21-22H,2-4,9-10,15-17,19-20H2,1H3/t21-,22-,29+/m1/s1. The topological polar surface area (TPSA) is 26.3 Å². The first-order valence-electron chi connectivity index (χ1n) is 12.2. The monoisotopic (exact) mass is 414 g/mol. The van der Waals surface area contributed by atoms with Crippen LogP contribution in [-0.4, -0.2) is 18.0 Å². The molecule has 3 atom stereocenters. The molecule has 0 N–H and O–H groups in total. The Morgan fingerprint density at radius 1 is 0.935 bits per heavy atom. The zero-order valence-electron chi connectivity index (χ0n) is 18.7. The highest BCUT2D eigenvalue weighted by molar-refractivity contribution is 6.19. The first-order chi connectivity index (χ1) is 15.2. The summed E-state index contributed by atoms with van der Waals surface area (Å²) in [7, 11) is 0. The molecule has 2 bridgehead atoms. The molecule has 3 aromatic carbocycles. The molecule has 5 rings (SSSR count). The van der Waals surface area contributed by atoms with Gasteiger partial charge >= 0.3 is 0 Å². The van der Waals surface area contributed by atoms with Crippen LogP contribution in [0.5, 0.6) is 0 Å². The zero-order chi connectivity index (χ0) is 21.3. The largest absolute Gasteiger partial charge is 0.367 e. The summed E-state index contributed by atoms with van der Waals surface area (Å²) in [4.78, 5) is 13.6. The van der Waals surface area contributed by atoms with E-state index in [1.807, 2.05) is 24.3 Å². The third kappa shape index (κ3) is 4.15. The number of hydrogen-bond donors (Lipinski definition) is 0. The molecule has 2 heteroatoms. The van der Waals surface area contributed by atoms with Gasteiger partial charge < -0.3 is 4.74 Å². The summed E-state index contributed by atoms with van der Waals surface area (Å²) < 4.78 is 6.61. The van der Waals surface area contributed by atoms with E-state index in [0.29, 0.717) is 0 Å². The number of carbonyl (C=O) groups is 1. The van der Waals surface area contributed by atoms with E-state index < -0.39 is 0 Å². The third-order valence-corrected chi connectivity index (χ3v) is 8.01. The summed E-state index contributed by atoms with van der Waals surface area (Å²) in [5.41, 5.74) is 0.691. The van der Waals surface area contributed by atoms with Gasteiger partial charge in [-0.15, -0.1) is 0 Å². The molecule has 2 saturated carbocycles.